The predicted molar refractivity (Wildman–Crippen MR) is 132 cm³/mol. The van der Waals surface area contributed by atoms with Gasteiger partial charge in [-0.3, -0.25) is 9.48 Å². The van der Waals surface area contributed by atoms with Crippen LogP contribution in [0.1, 0.15) is 25.8 Å². The monoisotopic (exact) mass is 469 g/mol. The third-order valence-corrected chi connectivity index (χ3v) is 6.38. The van der Waals surface area contributed by atoms with Crippen LogP contribution in [-0.4, -0.2) is 38.7 Å². The molecule has 2 heterocycles. The molecule has 1 aliphatic rings. The van der Waals surface area contributed by atoms with E-state index in [4.69, 9.17) is 15.6 Å². The van der Waals surface area contributed by atoms with Crippen molar-refractivity contribution < 1.29 is 13.9 Å². The van der Waals surface area contributed by atoms with Crippen LogP contribution in [0.15, 0.2) is 60.8 Å². The van der Waals surface area contributed by atoms with Gasteiger partial charge in [0.05, 0.1) is 16.9 Å². The van der Waals surface area contributed by atoms with Crippen molar-refractivity contribution in [3.05, 3.63) is 66.6 Å². The highest BCUT2D eigenvalue weighted by Crippen LogP contribution is 2.40. The second-order valence-corrected chi connectivity index (χ2v) is 8.51. The van der Waals surface area contributed by atoms with Crippen LogP contribution >= 0.6 is 0 Å². The van der Waals surface area contributed by atoms with Crippen molar-refractivity contribution in [2.24, 2.45) is 0 Å². The van der Waals surface area contributed by atoms with Crippen LogP contribution < -0.4 is 10.5 Å². The van der Waals surface area contributed by atoms with Crippen LogP contribution in [-0.2, 0) is 4.79 Å². The highest BCUT2D eigenvalue weighted by molar-refractivity contribution is 6.00. The van der Waals surface area contributed by atoms with E-state index in [9.17, 15) is 9.18 Å². The van der Waals surface area contributed by atoms with E-state index in [0.29, 0.717) is 17.3 Å². The Hall–Kier alpha value is -4.38. The van der Waals surface area contributed by atoms with Gasteiger partial charge in [0.2, 0.25) is 0 Å². The first-order valence-electron chi connectivity index (χ1n) is 11.3. The number of amides is 1. The van der Waals surface area contributed by atoms with Crippen LogP contribution in [0.3, 0.4) is 0 Å². The minimum atomic E-state index is -0.423. The van der Waals surface area contributed by atoms with Crippen LogP contribution in [0, 0.1) is 17.7 Å². The number of para-hydroxylation sites is 1. The molecule has 2 aromatic carbocycles. The van der Waals surface area contributed by atoms with Gasteiger partial charge < -0.3 is 15.4 Å². The number of carbonyl (C=O) groups is 1. The molecule has 8 heteroatoms. The van der Waals surface area contributed by atoms with E-state index in [-0.39, 0.29) is 23.7 Å². The standard InChI is InChI=1S/C27H24FN5O2/c1-3-6-24(34)32(2)18-15-19(16-18)33-22-13-14-30-27(29)25(22)26(31-33)17-9-11-20(12-10-17)35-23-8-5-4-7-21(23)28/h4-5,7-14,18-19H,15-16H2,1-2H3,(H2,29,30)/t18-,19+. The molecule has 176 valence electrons. The number of anilines is 1. The molecule has 0 radical (unpaired) electrons. The number of fused-ring (bicyclic) bond motifs is 1. The lowest BCUT2D eigenvalue weighted by atomic mass is 9.85. The summed E-state index contributed by atoms with van der Waals surface area (Å²) in [5.74, 6) is 5.73. The second-order valence-electron chi connectivity index (χ2n) is 8.51. The molecule has 0 aliphatic heterocycles. The summed E-state index contributed by atoms with van der Waals surface area (Å²) in [6.07, 6.45) is 3.23. The number of benzene rings is 2. The maximum atomic E-state index is 13.9. The maximum absolute atomic E-state index is 13.9. The molecule has 0 atom stereocenters. The molecular weight excluding hydrogens is 445 g/mol. The first-order valence-corrected chi connectivity index (χ1v) is 11.3. The summed E-state index contributed by atoms with van der Waals surface area (Å²) in [5.41, 5.74) is 8.72. The molecule has 2 N–H and O–H groups in total. The van der Waals surface area contributed by atoms with Gasteiger partial charge in [-0.2, -0.15) is 5.10 Å². The number of nitrogens with two attached hydrogens (primary N) is 1. The highest BCUT2D eigenvalue weighted by Gasteiger charge is 2.37. The summed E-state index contributed by atoms with van der Waals surface area (Å²) < 4.78 is 21.6. The molecule has 0 unspecified atom stereocenters. The van der Waals surface area contributed by atoms with E-state index >= 15 is 0 Å². The van der Waals surface area contributed by atoms with Gasteiger partial charge in [-0.25, -0.2) is 9.37 Å². The summed E-state index contributed by atoms with van der Waals surface area (Å²) in [5, 5.41) is 5.69. The van der Waals surface area contributed by atoms with Gasteiger partial charge >= 0.3 is 0 Å². The van der Waals surface area contributed by atoms with Gasteiger partial charge in [0.25, 0.3) is 5.91 Å². The average Bonchev–Trinajstić information content (AvgIpc) is 3.21. The van der Waals surface area contributed by atoms with Gasteiger partial charge in [0.15, 0.2) is 11.6 Å². The Morgan fingerprint density at radius 3 is 2.63 bits per heavy atom. The minimum absolute atomic E-state index is 0.116. The maximum Gasteiger partial charge on any atom is 0.298 e. The number of hydrogen-bond donors (Lipinski definition) is 1. The molecule has 0 spiro atoms. The fourth-order valence-electron chi connectivity index (χ4n) is 4.36. The Kier molecular flexibility index (Phi) is 5.83. The molecule has 1 saturated carbocycles. The number of rotatable bonds is 5. The number of halogens is 1. The average molecular weight is 470 g/mol. The van der Waals surface area contributed by atoms with E-state index in [0.717, 1.165) is 29.3 Å². The van der Waals surface area contributed by atoms with E-state index in [2.05, 4.69) is 16.8 Å². The summed E-state index contributed by atoms with van der Waals surface area (Å²) in [6, 6.07) is 15.7. The molecule has 0 saturated heterocycles. The molecule has 1 fully saturated rings. The van der Waals surface area contributed by atoms with Gasteiger partial charge in [-0.05, 0) is 68.2 Å². The molecule has 5 rings (SSSR count). The van der Waals surface area contributed by atoms with Gasteiger partial charge in [-0.15, -0.1) is 0 Å². The van der Waals surface area contributed by atoms with Crippen LogP contribution in [0.4, 0.5) is 10.2 Å². The number of ether oxygens (including phenoxy) is 1. The summed E-state index contributed by atoms with van der Waals surface area (Å²) >= 11 is 0. The number of nitrogen functional groups attached to an aromatic ring is 1. The van der Waals surface area contributed by atoms with Crippen molar-refractivity contribution in [2.45, 2.75) is 31.8 Å². The zero-order valence-corrected chi connectivity index (χ0v) is 19.4. The first-order chi connectivity index (χ1) is 17.0. The van der Waals surface area contributed by atoms with E-state index in [1.54, 1.807) is 55.4 Å². The zero-order valence-electron chi connectivity index (χ0n) is 19.4. The molecule has 1 amide bonds. The lowest BCUT2D eigenvalue weighted by Gasteiger charge is -2.40. The van der Waals surface area contributed by atoms with Crippen molar-refractivity contribution in [3.63, 3.8) is 0 Å². The van der Waals surface area contributed by atoms with Gasteiger partial charge in [0.1, 0.15) is 17.3 Å². The lowest BCUT2D eigenvalue weighted by Crippen LogP contribution is -2.46. The molecule has 1 aliphatic carbocycles. The van der Waals surface area contributed by atoms with Gasteiger partial charge in [0, 0.05) is 24.8 Å². The number of carbonyl (C=O) groups excluding carboxylic acids is 1. The largest absolute Gasteiger partial charge is 0.454 e. The van der Waals surface area contributed by atoms with Crippen molar-refractivity contribution in [1.29, 1.82) is 0 Å². The number of nitrogens with zero attached hydrogens (tertiary/aromatic N) is 4. The van der Waals surface area contributed by atoms with Crippen LogP contribution in [0.5, 0.6) is 11.5 Å². The summed E-state index contributed by atoms with van der Waals surface area (Å²) in [6.45, 7) is 1.66. The molecule has 4 aromatic rings. The minimum Gasteiger partial charge on any atom is -0.454 e. The van der Waals surface area contributed by atoms with Crippen molar-refractivity contribution in [1.82, 2.24) is 19.7 Å². The van der Waals surface area contributed by atoms with E-state index < -0.39 is 5.82 Å². The summed E-state index contributed by atoms with van der Waals surface area (Å²) in [4.78, 5) is 18.1. The Morgan fingerprint density at radius 1 is 1.17 bits per heavy atom. The Labute approximate surface area is 202 Å². The number of hydrogen-bond acceptors (Lipinski definition) is 5. The van der Waals surface area contributed by atoms with Crippen molar-refractivity contribution in [2.75, 3.05) is 12.8 Å². The van der Waals surface area contributed by atoms with Gasteiger partial charge in [-0.1, -0.05) is 18.1 Å². The van der Waals surface area contributed by atoms with E-state index in [1.165, 1.54) is 6.07 Å². The Bertz CT molecular complexity index is 1460. The quantitative estimate of drug-likeness (QED) is 0.425. The normalized spacial score (nSPS) is 16.8. The topological polar surface area (TPSA) is 86.3 Å². The molecule has 35 heavy (non-hydrogen) atoms. The lowest BCUT2D eigenvalue weighted by molar-refractivity contribution is -0.128. The third-order valence-electron chi connectivity index (χ3n) is 6.38. The fraction of sp³-hybridized carbons (Fsp3) is 0.222. The summed E-state index contributed by atoms with van der Waals surface area (Å²) in [7, 11) is 1.78. The van der Waals surface area contributed by atoms with Crippen LogP contribution in [0.25, 0.3) is 22.2 Å². The molecular formula is C27H24FN5O2. The molecule has 7 nitrogen and oxygen atoms in total. The second kappa shape index (κ2) is 9.11. The van der Waals surface area contributed by atoms with Crippen molar-refractivity contribution >= 4 is 22.6 Å². The predicted octanol–water partition coefficient (Wildman–Crippen LogP) is 4.80. The Morgan fingerprint density at radius 2 is 1.91 bits per heavy atom. The zero-order chi connectivity index (χ0) is 24.5. The highest BCUT2D eigenvalue weighted by atomic mass is 19.1. The molecule has 2 aromatic heterocycles. The van der Waals surface area contributed by atoms with E-state index in [1.807, 2.05) is 22.9 Å². The third kappa shape index (κ3) is 4.17. The number of aromatic nitrogens is 3. The smallest absolute Gasteiger partial charge is 0.298 e. The van der Waals surface area contributed by atoms with Crippen LogP contribution in [0.2, 0.25) is 0 Å². The number of pyridine rings is 1. The SMILES string of the molecule is CC#CC(=O)N(C)[C@H]1C[C@@H](n2nc(-c3ccc(Oc4ccccc4F)cc3)c3c(N)nccc32)C1. The first kappa shape index (κ1) is 22.4. The van der Waals surface area contributed by atoms with Crippen molar-refractivity contribution in [3.8, 4) is 34.6 Å². The Balaban J connectivity index is 1.42. The molecule has 0 bridgehead atoms. The fourth-order valence-corrected chi connectivity index (χ4v) is 4.36.